The van der Waals surface area contributed by atoms with Crippen molar-refractivity contribution in [1.82, 2.24) is 4.98 Å². The van der Waals surface area contributed by atoms with Gasteiger partial charge in [0.25, 0.3) is 0 Å². The average molecular weight is 489 g/mol. The van der Waals surface area contributed by atoms with Crippen molar-refractivity contribution in [2.75, 3.05) is 18.0 Å². The second kappa shape index (κ2) is 8.42. The van der Waals surface area contributed by atoms with E-state index in [0.717, 1.165) is 17.3 Å². The van der Waals surface area contributed by atoms with E-state index in [0.29, 0.717) is 37.2 Å². The van der Waals surface area contributed by atoms with E-state index in [2.05, 4.69) is 4.98 Å². The Morgan fingerprint density at radius 2 is 1.77 bits per heavy atom. The molecule has 0 amide bonds. The lowest BCUT2D eigenvalue weighted by Gasteiger charge is -2.31. The number of rotatable bonds is 4. The van der Waals surface area contributed by atoms with Crippen LogP contribution < -0.4 is 4.90 Å². The largest absolute Gasteiger partial charge is 0.348 e. The van der Waals surface area contributed by atoms with Crippen molar-refractivity contribution in [3.8, 4) is 11.3 Å². The summed E-state index contributed by atoms with van der Waals surface area (Å²) in [5.41, 5.74) is 1.27. The molecule has 1 aliphatic rings. The van der Waals surface area contributed by atoms with Gasteiger partial charge in [-0.15, -0.1) is 11.3 Å². The maximum atomic E-state index is 13.7. The van der Waals surface area contributed by atoms with Crippen LogP contribution in [-0.4, -0.2) is 31.7 Å². The Hall–Kier alpha value is -1.74. The Balaban J connectivity index is 1.47. The molecule has 0 radical (unpaired) electrons. The highest BCUT2D eigenvalue weighted by molar-refractivity contribution is 7.92. The highest BCUT2D eigenvalue weighted by Crippen LogP contribution is 2.34. The van der Waals surface area contributed by atoms with E-state index in [-0.39, 0.29) is 14.9 Å². The monoisotopic (exact) mass is 488 g/mol. The van der Waals surface area contributed by atoms with Crippen LogP contribution in [-0.2, 0) is 9.84 Å². The van der Waals surface area contributed by atoms with Crippen LogP contribution in [0.4, 0.5) is 13.9 Å². The van der Waals surface area contributed by atoms with Gasteiger partial charge in [0.2, 0.25) is 0 Å². The third kappa shape index (κ3) is 4.19. The zero-order chi connectivity index (χ0) is 21.5. The van der Waals surface area contributed by atoms with Crippen LogP contribution in [0.1, 0.15) is 12.8 Å². The fraction of sp³-hybridized carbons (Fsp3) is 0.250. The van der Waals surface area contributed by atoms with Gasteiger partial charge < -0.3 is 4.90 Å². The van der Waals surface area contributed by atoms with Crippen LogP contribution in [0.2, 0.25) is 10.0 Å². The minimum atomic E-state index is -3.66. The van der Waals surface area contributed by atoms with Gasteiger partial charge in [-0.05, 0) is 43.2 Å². The van der Waals surface area contributed by atoms with Crippen LogP contribution in [0.5, 0.6) is 0 Å². The SMILES string of the molecule is O=S(=O)(c1ccc(F)cc1Cl)C1CCN(c2nc(-c3ccc(Cl)c(F)c3)cs2)CC1. The Morgan fingerprint density at radius 3 is 2.43 bits per heavy atom. The molecule has 0 N–H and O–H groups in total. The van der Waals surface area contributed by atoms with E-state index in [1.807, 2.05) is 10.3 Å². The van der Waals surface area contributed by atoms with Crippen molar-refractivity contribution in [2.24, 2.45) is 0 Å². The summed E-state index contributed by atoms with van der Waals surface area (Å²) >= 11 is 13.1. The summed E-state index contributed by atoms with van der Waals surface area (Å²) < 4.78 is 52.8. The number of anilines is 1. The van der Waals surface area contributed by atoms with Crippen molar-refractivity contribution >= 4 is 49.5 Å². The molecule has 1 fully saturated rings. The number of hydrogen-bond donors (Lipinski definition) is 0. The second-order valence-electron chi connectivity index (χ2n) is 6.95. The molecular weight excluding hydrogens is 473 g/mol. The number of hydrogen-bond acceptors (Lipinski definition) is 5. The van der Waals surface area contributed by atoms with E-state index < -0.39 is 26.7 Å². The normalized spacial score (nSPS) is 15.5. The highest BCUT2D eigenvalue weighted by atomic mass is 35.5. The molecule has 1 saturated heterocycles. The molecule has 2 aromatic carbocycles. The first-order valence-corrected chi connectivity index (χ1v) is 12.3. The van der Waals surface area contributed by atoms with Gasteiger partial charge in [-0.2, -0.15) is 0 Å². The Bertz CT molecular complexity index is 1190. The van der Waals surface area contributed by atoms with Gasteiger partial charge in [-0.3, -0.25) is 0 Å². The molecular formula is C20H16Cl2F2N2O2S2. The molecule has 30 heavy (non-hydrogen) atoms. The van der Waals surface area contributed by atoms with E-state index >= 15 is 0 Å². The average Bonchev–Trinajstić information content (AvgIpc) is 3.20. The smallest absolute Gasteiger partial charge is 0.185 e. The number of thiazole rings is 1. The van der Waals surface area contributed by atoms with Gasteiger partial charge in [0.1, 0.15) is 11.6 Å². The topological polar surface area (TPSA) is 50.3 Å². The lowest BCUT2D eigenvalue weighted by Crippen LogP contribution is -2.39. The molecule has 4 nitrogen and oxygen atoms in total. The first-order valence-electron chi connectivity index (χ1n) is 9.10. The van der Waals surface area contributed by atoms with Crippen molar-refractivity contribution in [1.29, 1.82) is 0 Å². The quantitative estimate of drug-likeness (QED) is 0.433. The van der Waals surface area contributed by atoms with Gasteiger partial charge in [-0.1, -0.05) is 29.3 Å². The van der Waals surface area contributed by atoms with Crippen LogP contribution in [0, 0.1) is 11.6 Å². The molecule has 0 unspecified atom stereocenters. The Labute approximate surface area is 187 Å². The molecule has 0 atom stereocenters. The van der Waals surface area contributed by atoms with Crippen molar-refractivity contribution in [3.05, 3.63) is 63.5 Å². The maximum Gasteiger partial charge on any atom is 0.185 e. The summed E-state index contributed by atoms with van der Waals surface area (Å²) in [5, 5.41) is 1.94. The summed E-state index contributed by atoms with van der Waals surface area (Å²) in [6.45, 7) is 1.01. The fourth-order valence-corrected chi connectivity index (χ4v) is 6.72. The lowest BCUT2D eigenvalue weighted by atomic mass is 10.1. The zero-order valence-electron chi connectivity index (χ0n) is 15.5. The van der Waals surface area contributed by atoms with Crippen molar-refractivity contribution < 1.29 is 17.2 Å². The van der Waals surface area contributed by atoms with Crippen LogP contribution in [0.25, 0.3) is 11.3 Å². The fourth-order valence-electron chi connectivity index (χ4n) is 3.44. The molecule has 10 heteroatoms. The van der Waals surface area contributed by atoms with Crippen molar-refractivity contribution in [2.45, 2.75) is 23.0 Å². The van der Waals surface area contributed by atoms with Crippen LogP contribution in [0.15, 0.2) is 46.7 Å². The summed E-state index contributed by atoms with van der Waals surface area (Å²) in [4.78, 5) is 6.54. The predicted octanol–water partition coefficient (Wildman–Crippen LogP) is 5.84. The van der Waals surface area contributed by atoms with E-state index in [9.17, 15) is 17.2 Å². The van der Waals surface area contributed by atoms with Crippen molar-refractivity contribution in [3.63, 3.8) is 0 Å². The molecule has 3 aromatic rings. The molecule has 2 heterocycles. The molecule has 1 aliphatic heterocycles. The minimum Gasteiger partial charge on any atom is -0.348 e. The highest BCUT2D eigenvalue weighted by Gasteiger charge is 2.33. The second-order valence-corrected chi connectivity index (χ2v) is 10.8. The summed E-state index contributed by atoms with van der Waals surface area (Å²) in [6.07, 6.45) is 0.807. The molecule has 158 valence electrons. The number of aromatic nitrogens is 1. The van der Waals surface area contributed by atoms with Gasteiger partial charge in [0, 0.05) is 24.0 Å². The lowest BCUT2D eigenvalue weighted by molar-refractivity contribution is 0.529. The first kappa shape index (κ1) is 21.5. The van der Waals surface area contributed by atoms with Gasteiger partial charge in [-0.25, -0.2) is 22.2 Å². The Kier molecular flexibility index (Phi) is 6.03. The first-order chi connectivity index (χ1) is 14.3. The summed E-state index contributed by atoms with van der Waals surface area (Å²) in [5.74, 6) is -1.08. The molecule has 0 spiro atoms. The van der Waals surface area contributed by atoms with Gasteiger partial charge in [0.15, 0.2) is 15.0 Å². The zero-order valence-corrected chi connectivity index (χ0v) is 18.6. The summed E-state index contributed by atoms with van der Waals surface area (Å²) in [7, 11) is -3.66. The third-order valence-electron chi connectivity index (χ3n) is 5.06. The molecule has 1 aromatic heterocycles. The van der Waals surface area contributed by atoms with Gasteiger partial charge in [0.05, 0.1) is 25.9 Å². The van der Waals surface area contributed by atoms with E-state index in [4.69, 9.17) is 23.2 Å². The Morgan fingerprint density at radius 1 is 1.03 bits per heavy atom. The number of halogens is 4. The van der Waals surface area contributed by atoms with E-state index in [1.165, 1.54) is 29.5 Å². The van der Waals surface area contributed by atoms with Gasteiger partial charge >= 0.3 is 0 Å². The number of piperidine rings is 1. The summed E-state index contributed by atoms with van der Waals surface area (Å²) in [6, 6.07) is 7.87. The standard InChI is InChI=1S/C20H16Cl2F2N2O2S2/c21-15-3-1-12(9-17(15)24)18-11-29-20(25-18)26-7-5-14(6-8-26)30(27,28)19-4-2-13(23)10-16(19)22/h1-4,9-11,14H,5-8H2. The minimum absolute atomic E-state index is 0.0367. The number of benzene rings is 2. The van der Waals surface area contributed by atoms with Crippen LogP contribution in [0.3, 0.4) is 0 Å². The predicted molar refractivity (Wildman–Crippen MR) is 116 cm³/mol. The van der Waals surface area contributed by atoms with Crippen LogP contribution >= 0.6 is 34.5 Å². The molecule has 0 saturated carbocycles. The molecule has 0 aliphatic carbocycles. The third-order valence-corrected chi connectivity index (χ3v) is 9.01. The maximum absolute atomic E-state index is 13.7. The number of nitrogens with zero attached hydrogens (tertiary/aromatic N) is 2. The molecule has 0 bridgehead atoms. The van der Waals surface area contributed by atoms with E-state index in [1.54, 1.807) is 6.07 Å². The molecule has 4 rings (SSSR count). The number of sulfone groups is 1.